The van der Waals surface area contributed by atoms with E-state index in [0.717, 1.165) is 38.5 Å². The molecular formula is C22H36F2N3O3P. The smallest absolute Gasteiger partial charge is 0.273 e. The van der Waals surface area contributed by atoms with Crippen molar-refractivity contribution in [3.8, 4) is 0 Å². The summed E-state index contributed by atoms with van der Waals surface area (Å²) < 4.78 is 33.0. The van der Waals surface area contributed by atoms with Crippen molar-refractivity contribution in [1.29, 1.82) is 0 Å². The van der Waals surface area contributed by atoms with E-state index in [1.807, 2.05) is 16.7 Å². The minimum absolute atomic E-state index is 0.0120. The number of halogens is 2. The average molecular weight is 460 g/mol. The highest BCUT2D eigenvalue weighted by atomic mass is 31.0. The molecule has 0 bridgehead atoms. The molecule has 6 nitrogen and oxygen atoms in total. The van der Waals surface area contributed by atoms with Gasteiger partial charge in [0.25, 0.3) is 11.6 Å². The molecule has 3 heterocycles. The number of hydrogen-bond donors (Lipinski definition) is 1. The highest BCUT2D eigenvalue weighted by Crippen LogP contribution is 2.42. The van der Waals surface area contributed by atoms with Crippen LogP contribution in [0, 0.1) is 11.8 Å². The van der Waals surface area contributed by atoms with Crippen LogP contribution in [-0.4, -0.2) is 77.2 Å². The Morgan fingerprint density at radius 2 is 1.84 bits per heavy atom. The minimum atomic E-state index is -2.78. The quantitative estimate of drug-likeness (QED) is 0.660. The summed E-state index contributed by atoms with van der Waals surface area (Å²) >= 11 is 0. The molecular weight excluding hydrogens is 423 g/mol. The molecule has 9 heteroatoms. The first-order chi connectivity index (χ1) is 14.7. The van der Waals surface area contributed by atoms with E-state index in [9.17, 15) is 18.4 Å². The molecule has 2 amide bonds. The van der Waals surface area contributed by atoms with Crippen LogP contribution in [0.15, 0.2) is 0 Å². The molecule has 176 valence electrons. The maximum Gasteiger partial charge on any atom is 0.273 e. The van der Waals surface area contributed by atoms with Gasteiger partial charge in [0, 0.05) is 26.1 Å². The zero-order valence-electron chi connectivity index (χ0n) is 18.6. The molecule has 3 aliphatic heterocycles. The van der Waals surface area contributed by atoms with Crippen LogP contribution in [0.3, 0.4) is 0 Å². The molecule has 1 aliphatic carbocycles. The SMILES string of the molecule is CC(=O)N1C(C)CN(C(=O)C2CCCO2)C2CC(C3CCC(C(F)(F)P)NC3)CCC21. The van der Waals surface area contributed by atoms with Crippen LogP contribution in [0.2, 0.25) is 0 Å². The number of fused-ring (bicyclic) bond motifs is 1. The standard InChI is InChI=1S/C22H36F2N3O3P/c1-13-12-26(21(29)19-4-3-9-30-19)18-10-15(5-7-17(18)27(13)14(2)28)16-6-8-20(25-11-16)22(23,24)31/h13,15-20,25H,3-12,31H2,1-2H3. The van der Waals surface area contributed by atoms with Crippen LogP contribution in [0.4, 0.5) is 8.78 Å². The number of amides is 2. The van der Waals surface area contributed by atoms with Crippen LogP contribution in [-0.2, 0) is 14.3 Å². The van der Waals surface area contributed by atoms with Gasteiger partial charge in [-0.2, -0.15) is 0 Å². The number of hydrogen-bond acceptors (Lipinski definition) is 4. The number of nitrogens with zero attached hydrogens (tertiary/aromatic N) is 2. The van der Waals surface area contributed by atoms with E-state index in [1.165, 1.54) is 0 Å². The number of carbonyl (C=O) groups is 2. The Bertz CT molecular complexity index is 677. The number of piperazine rings is 1. The Kier molecular flexibility index (Phi) is 6.91. The van der Waals surface area contributed by atoms with Gasteiger partial charge in [-0.25, -0.2) is 8.78 Å². The van der Waals surface area contributed by atoms with E-state index < -0.39 is 11.7 Å². The van der Waals surface area contributed by atoms with Gasteiger partial charge in [-0.15, -0.1) is 0 Å². The molecule has 4 fully saturated rings. The molecule has 8 atom stereocenters. The molecule has 3 saturated heterocycles. The molecule has 1 N–H and O–H groups in total. The number of alkyl halides is 2. The second-order valence-corrected chi connectivity index (χ2v) is 10.7. The maximum atomic E-state index is 13.6. The molecule has 8 unspecified atom stereocenters. The third-order valence-corrected chi connectivity index (χ3v) is 8.35. The summed E-state index contributed by atoms with van der Waals surface area (Å²) in [5.74, 6) is 0.826. The van der Waals surface area contributed by atoms with E-state index in [0.29, 0.717) is 38.0 Å². The number of rotatable bonds is 3. The van der Waals surface area contributed by atoms with E-state index in [-0.39, 0.29) is 36.0 Å². The Labute approximate surface area is 186 Å². The fourth-order valence-corrected chi connectivity index (χ4v) is 6.73. The number of carbonyl (C=O) groups excluding carboxylic acids is 2. The van der Waals surface area contributed by atoms with Crippen LogP contribution < -0.4 is 5.32 Å². The van der Waals surface area contributed by atoms with Crippen LogP contribution in [0.1, 0.15) is 58.8 Å². The number of piperidine rings is 1. The normalized spacial score (nSPS) is 39.3. The summed E-state index contributed by atoms with van der Waals surface area (Å²) in [6.45, 7) is 5.39. The van der Waals surface area contributed by atoms with Crippen molar-refractivity contribution in [2.75, 3.05) is 19.7 Å². The average Bonchev–Trinajstić information content (AvgIpc) is 3.26. The number of nitrogens with one attached hydrogen (secondary N) is 1. The zero-order chi connectivity index (χ0) is 22.3. The van der Waals surface area contributed by atoms with Crippen molar-refractivity contribution in [3.05, 3.63) is 0 Å². The van der Waals surface area contributed by atoms with Crippen molar-refractivity contribution < 1.29 is 23.1 Å². The molecule has 4 aliphatic rings. The van der Waals surface area contributed by atoms with Crippen molar-refractivity contribution in [3.63, 3.8) is 0 Å². The van der Waals surface area contributed by atoms with Gasteiger partial charge in [-0.3, -0.25) is 9.59 Å². The molecule has 0 aromatic rings. The van der Waals surface area contributed by atoms with Crippen molar-refractivity contribution in [2.45, 2.75) is 94.7 Å². The summed E-state index contributed by atoms with van der Waals surface area (Å²) in [7, 11) is 1.66. The maximum absolute atomic E-state index is 13.6. The van der Waals surface area contributed by atoms with E-state index >= 15 is 0 Å². The fraction of sp³-hybridized carbons (Fsp3) is 0.909. The molecule has 0 radical (unpaired) electrons. The van der Waals surface area contributed by atoms with Crippen LogP contribution in [0.5, 0.6) is 0 Å². The van der Waals surface area contributed by atoms with Gasteiger partial charge >= 0.3 is 0 Å². The van der Waals surface area contributed by atoms with E-state index in [2.05, 4.69) is 5.32 Å². The topological polar surface area (TPSA) is 61.9 Å². The molecule has 0 spiro atoms. The molecule has 0 aromatic carbocycles. The van der Waals surface area contributed by atoms with Gasteiger partial charge in [-0.1, -0.05) is 9.24 Å². The van der Waals surface area contributed by atoms with Gasteiger partial charge in [0.15, 0.2) is 0 Å². The highest BCUT2D eigenvalue weighted by molar-refractivity contribution is 7.18. The first kappa shape index (κ1) is 23.3. The first-order valence-corrected chi connectivity index (χ1v) is 12.4. The molecule has 0 aromatic heterocycles. The Balaban J connectivity index is 1.48. The van der Waals surface area contributed by atoms with Gasteiger partial charge in [0.05, 0.1) is 18.1 Å². The second-order valence-electron chi connectivity index (χ2n) is 9.95. The predicted molar refractivity (Wildman–Crippen MR) is 117 cm³/mol. The lowest BCUT2D eigenvalue weighted by molar-refractivity contribution is -0.160. The van der Waals surface area contributed by atoms with E-state index in [1.54, 1.807) is 16.2 Å². The van der Waals surface area contributed by atoms with Crippen LogP contribution in [0.25, 0.3) is 0 Å². The monoisotopic (exact) mass is 459 g/mol. The minimum Gasteiger partial charge on any atom is -0.368 e. The van der Waals surface area contributed by atoms with Gasteiger partial charge in [-0.05, 0) is 70.3 Å². The molecule has 1 saturated carbocycles. The van der Waals surface area contributed by atoms with E-state index in [4.69, 9.17) is 4.74 Å². The van der Waals surface area contributed by atoms with Crippen LogP contribution >= 0.6 is 9.24 Å². The van der Waals surface area contributed by atoms with Crippen molar-refractivity contribution >= 4 is 21.1 Å². The lowest BCUT2D eigenvalue weighted by Gasteiger charge is -2.55. The summed E-state index contributed by atoms with van der Waals surface area (Å²) in [6, 6.07) is -0.784. The van der Waals surface area contributed by atoms with Crippen molar-refractivity contribution in [1.82, 2.24) is 15.1 Å². The Hall–Kier alpha value is -0.850. The highest BCUT2D eigenvalue weighted by Gasteiger charge is 2.49. The lowest BCUT2D eigenvalue weighted by atomic mass is 9.71. The molecule has 31 heavy (non-hydrogen) atoms. The third kappa shape index (κ3) is 4.77. The fourth-order valence-electron chi connectivity index (χ4n) is 6.45. The first-order valence-electron chi connectivity index (χ1n) is 11.8. The second kappa shape index (κ2) is 9.18. The third-order valence-electron chi connectivity index (χ3n) is 7.95. The zero-order valence-corrected chi connectivity index (χ0v) is 19.7. The predicted octanol–water partition coefficient (Wildman–Crippen LogP) is 2.62. The summed E-state index contributed by atoms with van der Waals surface area (Å²) in [5.41, 5.74) is -2.78. The van der Waals surface area contributed by atoms with Crippen molar-refractivity contribution in [2.24, 2.45) is 11.8 Å². The Morgan fingerprint density at radius 1 is 1.10 bits per heavy atom. The summed E-state index contributed by atoms with van der Waals surface area (Å²) in [6.07, 6.45) is 5.19. The van der Waals surface area contributed by atoms with Gasteiger partial charge in [0.1, 0.15) is 6.10 Å². The Morgan fingerprint density at radius 3 is 2.42 bits per heavy atom. The van der Waals surface area contributed by atoms with Gasteiger partial charge < -0.3 is 19.9 Å². The van der Waals surface area contributed by atoms with Gasteiger partial charge in [0.2, 0.25) is 5.91 Å². The summed E-state index contributed by atoms with van der Waals surface area (Å²) in [5, 5.41) is 3.06. The largest absolute Gasteiger partial charge is 0.368 e. The number of ether oxygens (including phenoxy) is 1. The lowest BCUT2D eigenvalue weighted by Crippen LogP contribution is -2.68. The molecule has 4 rings (SSSR count). The summed E-state index contributed by atoms with van der Waals surface area (Å²) in [4.78, 5) is 29.7.